The summed E-state index contributed by atoms with van der Waals surface area (Å²) in [5.74, 6) is 0.255. The Morgan fingerprint density at radius 2 is 1.90 bits per heavy atom. The molecule has 0 unspecified atom stereocenters. The van der Waals surface area contributed by atoms with E-state index in [9.17, 15) is 4.79 Å². The molecule has 0 aliphatic carbocycles. The van der Waals surface area contributed by atoms with Crippen LogP contribution in [0.2, 0.25) is 10.0 Å². The Labute approximate surface area is 126 Å². The van der Waals surface area contributed by atoms with Crippen molar-refractivity contribution in [2.24, 2.45) is 0 Å². The van der Waals surface area contributed by atoms with Gasteiger partial charge >= 0.3 is 0 Å². The molecule has 0 saturated heterocycles. The van der Waals surface area contributed by atoms with Gasteiger partial charge in [-0.05, 0) is 36.4 Å². The maximum atomic E-state index is 12.1. The Bertz CT molecular complexity index is 660. The third-order valence-corrected chi connectivity index (χ3v) is 3.41. The van der Waals surface area contributed by atoms with Gasteiger partial charge in [-0.15, -0.1) is 0 Å². The number of methoxy groups -OCH3 is 1. The zero-order valence-electron chi connectivity index (χ0n) is 10.6. The lowest BCUT2D eigenvalue weighted by Crippen LogP contribution is -2.12. The van der Waals surface area contributed by atoms with E-state index in [1.807, 2.05) is 0 Å². The van der Waals surface area contributed by atoms with Gasteiger partial charge in [0.05, 0.1) is 22.8 Å². The van der Waals surface area contributed by atoms with Crippen LogP contribution in [-0.4, -0.2) is 13.0 Å². The van der Waals surface area contributed by atoms with Crippen molar-refractivity contribution in [3.8, 4) is 5.75 Å². The number of carbonyl (C=O) groups excluding carboxylic acids is 1. The van der Waals surface area contributed by atoms with E-state index in [4.69, 9.17) is 33.7 Å². The molecule has 2 rings (SSSR count). The monoisotopic (exact) mass is 310 g/mol. The van der Waals surface area contributed by atoms with Gasteiger partial charge in [0.1, 0.15) is 5.75 Å². The van der Waals surface area contributed by atoms with Crippen molar-refractivity contribution in [1.29, 1.82) is 0 Å². The maximum Gasteiger partial charge on any atom is 0.255 e. The summed E-state index contributed by atoms with van der Waals surface area (Å²) in [6, 6.07) is 9.67. The van der Waals surface area contributed by atoms with Gasteiger partial charge < -0.3 is 15.8 Å². The van der Waals surface area contributed by atoms with Gasteiger partial charge in [0.15, 0.2) is 0 Å². The Kier molecular flexibility index (Phi) is 4.37. The first kappa shape index (κ1) is 14.5. The van der Waals surface area contributed by atoms with Crippen LogP contribution in [0.3, 0.4) is 0 Å². The minimum absolute atomic E-state index is 0.298. The minimum Gasteiger partial charge on any atom is -0.495 e. The predicted molar refractivity (Wildman–Crippen MR) is 81.8 cm³/mol. The Morgan fingerprint density at radius 1 is 1.15 bits per heavy atom. The Balaban J connectivity index is 2.19. The van der Waals surface area contributed by atoms with Crippen molar-refractivity contribution in [1.82, 2.24) is 0 Å². The summed E-state index contributed by atoms with van der Waals surface area (Å²) >= 11 is 11.7. The number of halogens is 2. The molecule has 20 heavy (non-hydrogen) atoms. The molecule has 0 heterocycles. The molecular weight excluding hydrogens is 299 g/mol. The van der Waals surface area contributed by atoms with Crippen molar-refractivity contribution >= 4 is 40.5 Å². The second-order valence-electron chi connectivity index (χ2n) is 4.04. The van der Waals surface area contributed by atoms with Crippen LogP contribution < -0.4 is 15.8 Å². The molecule has 0 atom stereocenters. The van der Waals surface area contributed by atoms with Crippen LogP contribution in [0.4, 0.5) is 11.4 Å². The highest BCUT2D eigenvalue weighted by Gasteiger charge is 2.09. The third kappa shape index (κ3) is 3.15. The molecule has 0 spiro atoms. The molecule has 0 fully saturated rings. The maximum absolute atomic E-state index is 12.1. The van der Waals surface area contributed by atoms with Gasteiger partial charge in [-0.25, -0.2) is 0 Å². The second kappa shape index (κ2) is 6.03. The molecule has 3 N–H and O–H groups in total. The fourth-order valence-electron chi connectivity index (χ4n) is 1.65. The van der Waals surface area contributed by atoms with Crippen LogP contribution >= 0.6 is 23.2 Å². The van der Waals surface area contributed by atoms with E-state index in [2.05, 4.69) is 5.32 Å². The van der Waals surface area contributed by atoms with Crippen molar-refractivity contribution in [3.63, 3.8) is 0 Å². The number of ether oxygens (including phenoxy) is 1. The molecule has 1 amide bonds. The van der Waals surface area contributed by atoms with E-state index in [0.29, 0.717) is 32.7 Å². The number of carbonyl (C=O) groups is 1. The highest BCUT2D eigenvalue weighted by molar-refractivity contribution is 6.42. The fraction of sp³-hybridized carbons (Fsp3) is 0.0714. The van der Waals surface area contributed by atoms with Crippen LogP contribution in [0.25, 0.3) is 0 Å². The van der Waals surface area contributed by atoms with Crippen LogP contribution in [0.5, 0.6) is 5.75 Å². The van der Waals surface area contributed by atoms with E-state index in [1.165, 1.54) is 13.2 Å². The highest BCUT2D eigenvalue weighted by atomic mass is 35.5. The number of hydrogen-bond donors (Lipinski definition) is 2. The molecule has 0 saturated carbocycles. The van der Waals surface area contributed by atoms with Crippen LogP contribution in [0.1, 0.15) is 10.4 Å². The molecular formula is C14H12Cl2N2O2. The Hall–Kier alpha value is -1.91. The van der Waals surface area contributed by atoms with Crippen molar-refractivity contribution < 1.29 is 9.53 Å². The molecule has 6 heteroatoms. The lowest BCUT2D eigenvalue weighted by atomic mass is 10.2. The first-order chi connectivity index (χ1) is 9.51. The standard InChI is InChI=1S/C14H12Cl2N2O2/c1-20-13-5-3-9(7-12(13)17)18-14(19)8-2-4-10(15)11(16)6-8/h2-7H,17H2,1H3,(H,18,19). The summed E-state index contributed by atoms with van der Waals surface area (Å²) < 4.78 is 5.05. The van der Waals surface area contributed by atoms with E-state index >= 15 is 0 Å². The van der Waals surface area contributed by atoms with Crippen molar-refractivity contribution in [2.45, 2.75) is 0 Å². The van der Waals surface area contributed by atoms with E-state index in [0.717, 1.165) is 0 Å². The van der Waals surface area contributed by atoms with Gasteiger partial charge in [-0.2, -0.15) is 0 Å². The highest BCUT2D eigenvalue weighted by Crippen LogP contribution is 2.26. The summed E-state index contributed by atoms with van der Waals surface area (Å²) in [6.45, 7) is 0. The average molecular weight is 311 g/mol. The first-order valence-corrected chi connectivity index (χ1v) is 6.47. The van der Waals surface area contributed by atoms with Gasteiger partial charge in [0.25, 0.3) is 5.91 Å². The average Bonchev–Trinajstić information content (AvgIpc) is 2.42. The zero-order chi connectivity index (χ0) is 14.7. The molecule has 2 aromatic rings. The molecule has 0 radical (unpaired) electrons. The molecule has 104 valence electrons. The second-order valence-corrected chi connectivity index (χ2v) is 4.85. The number of anilines is 2. The van der Waals surface area contributed by atoms with Crippen LogP contribution in [0.15, 0.2) is 36.4 Å². The lowest BCUT2D eigenvalue weighted by molar-refractivity contribution is 0.102. The number of nitrogens with one attached hydrogen (secondary N) is 1. The van der Waals surface area contributed by atoms with Crippen LogP contribution in [-0.2, 0) is 0 Å². The minimum atomic E-state index is -0.298. The van der Waals surface area contributed by atoms with Gasteiger partial charge in [0, 0.05) is 11.3 Å². The molecule has 0 aromatic heterocycles. The van der Waals surface area contributed by atoms with Gasteiger partial charge in [-0.3, -0.25) is 4.79 Å². The van der Waals surface area contributed by atoms with Crippen molar-refractivity contribution in [3.05, 3.63) is 52.0 Å². The molecule has 0 bridgehead atoms. The lowest BCUT2D eigenvalue weighted by Gasteiger charge is -2.09. The normalized spacial score (nSPS) is 10.2. The smallest absolute Gasteiger partial charge is 0.255 e. The number of nitrogens with two attached hydrogens (primary N) is 1. The largest absolute Gasteiger partial charge is 0.495 e. The number of hydrogen-bond acceptors (Lipinski definition) is 3. The number of amides is 1. The summed E-state index contributed by atoms with van der Waals surface area (Å²) in [7, 11) is 1.53. The summed E-state index contributed by atoms with van der Waals surface area (Å²) in [6.07, 6.45) is 0. The Morgan fingerprint density at radius 3 is 2.50 bits per heavy atom. The summed E-state index contributed by atoms with van der Waals surface area (Å²) in [5.41, 5.74) is 7.20. The van der Waals surface area contributed by atoms with Crippen molar-refractivity contribution in [2.75, 3.05) is 18.2 Å². The SMILES string of the molecule is COc1ccc(NC(=O)c2ccc(Cl)c(Cl)c2)cc1N. The van der Waals surface area contributed by atoms with E-state index < -0.39 is 0 Å². The molecule has 0 aliphatic rings. The van der Waals surface area contributed by atoms with Gasteiger partial charge in [0.2, 0.25) is 0 Å². The molecule has 2 aromatic carbocycles. The van der Waals surface area contributed by atoms with Crippen LogP contribution in [0, 0.1) is 0 Å². The predicted octanol–water partition coefficient (Wildman–Crippen LogP) is 3.84. The quantitative estimate of drug-likeness (QED) is 0.847. The number of nitrogen functional groups attached to an aromatic ring is 1. The number of benzene rings is 2. The fourth-order valence-corrected chi connectivity index (χ4v) is 1.95. The topological polar surface area (TPSA) is 64.3 Å². The summed E-state index contributed by atoms with van der Waals surface area (Å²) in [4.78, 5) is 12.1. The van der Waals surface area contributed by atoms with Gasteiger partial charge in [-0.1, -0.05) is 23.2 Å². The first-order valence-electron chi connectivity index (χ1n) is 5.71. The number of rotatable bonds is 3. The van der Waals surface area contributed by atoms with E-state index in [-0.39, 0.29) is 5.91 Å². The summed E-state index contributed by atoms with van der Waals surface area (Å²) in [5, 5.41) is 3.45. The van der Waals surface area contributed by atoms with E-state index in [1.54, 1.807) is 30.3 Å². The molecule has 0 aliphatic heterocycles. The third-order valence-electron chi connectivity index (χ3n) is 2.67. The molecule has 4 nitrogen and oxygen atoms in total. The zero-order valence-corrected chi connectivity index (χ0v) is 12.1.